The largest absolute Gasteiger partial charge is 0.303 e. The number of hydrogen-bond acceptors (Lipinski definition) is 1. The molecule has 0 fully saturated rings. The van der Waals surface area contributed by atoms with E-state index in [2.05, 4.69) is 20.8 Å². The number of carbonyl (C=O) groups is 1. The minimum atomic E-state index is 0.284. The molecule has 0 saturated heterocycles. The van der Waals surface area contributed by atoms with Crippen molar-refractivity contribution < 1.29 is 4.79 Å². The van der Waals surface area contributed by atoms with Crippen LogP contribution in [0.2, 0.25) is 0 Å². The quantitative estimate of drug-likeness (QED) is 0.534. The molecule has 1 atom stereocenters. The van der Waals surface area contributed by atoms with Crippen LogP contribution in [0.25, 0.3) is 0 Å². The predicted molar refractivity (Wildman–Crippen MR) is 53.2 cm³/mol. The first-order valence-corrected chi connectivity index (χ1v) is 5.12. The van der Waals surface area contributed by atoms with Gasteiger partial charge < -0.3 is 4.79 Å². The van der Waals surface area contributed by atoms with Gasteiger partial charge in [-0.05, 0) is 18.3 Å². The van der Waals surface area contributed by atoms with E-state index in [4.69, 9.17) is 0 Å². The van der Waals surface area contributed by atoms with Crippen molar-refractivity contribution in [1.82, 2.24) is 0 Å². The van der Waals surface area contributed by atoms with Gasteiger partial charge in [0, 0.05) is 6.42 Å². The zero-order valence-electron chi connectivity index (χ0n) is 8.73. The molecule has 12 heavy (non-hydrogen) atoms. The topological polar surface area (TPSA) is 17.1 Å². The molecule has 0 radical (unpaired) electrons. The van der Waals surface area contributed by atoms with Crippen LogP contribution in [-0.4, -0.2) is 6.29 Å². The fourth-order valence-electron chi connectivity index (χ4n) is 1.74. The molecule has 0 aliphatic rings. The summed E-state index contributed by atoms with van der Waals surface area (Å²) >= 11 is 0. The van der Waals surface area contributed by atoms with Gasteiger partial charge in [-0.2, -0.15) is 0 Å². The highest BCUT2D eigenvalue weighted by molar-refractivity contribution is 5.50. The Balaban J connectivity index is 3.88. The van der Waals surface area contributed by atoms with Crippen molar-refractivity contribution >= 4 is 6.29 Å². The van der Waals surface area contributed by atoms with Crippen LogP contribution >= 0.6 is 0 Å². The van der Waals surface area contributed by atoms with E-state index in [1.807, 2.05) is 0 Å². The summed E-state index contributed by atoms with van der Waals surface area (Å²) in [6.07, 6.45) is 7.88. The normalized spacial score (nSPS) is 15.6. The summed E-state index contributed by atoms with van der Waals surface area (Å²) in [6, 6.07) is 0. The summed E-state index contributed by atoms with van der Waals surface area (Å²) in [5.41, 5.74) is 0.284. The molecule has 0 N–H and O–H groups in total. The fraction of sp³-hybridized carbons (Fsp3) is 0.909. The lowest BCUT2D eigenvalue weighted by Gasteiger charge is -2.26. The second-order valence-electron chi connectivity index (χ2n) is 4.04. The van der Waals surface area contributed by atoms with Crippen LogP contribution in [0.15, 0.2) is 0 Å². The molecule has 72 valence electrons. The van der Waals surface area contributed by atoms with Gasteiger partial charge in [0.1, 0.15) is 6.29 Å². The number of hydrogen-bond donors (Lipinski definition) is 0. The van der Waals surface area contributed by atoms with Gasteiger partial charge in [0.15, 0.2) is 0 Å². The highest BCUT2D eigenvalue weighted by Crippen LogP contribution is 2.32. The maximum absolute atomic E-state index is 10.5. The monoisotopic (exact) mass is 170 g/mol. The summed E-state index contributed by atoms with van der Waals surface area (Å²) in [4.78, 5) is 10.5. The standard InChI is InChI=1S/C11H22O/c1-4-6-8-11(3,7-5-2)9-10-12/h10H,4-9H2,1-3H3. The maximum atomic E-state index is 10.5. The Bertz CT molecular complexity index is 120. The molecule has 0 heterocycles. The summed E-state index contributed by atoms with van der Waals surface area (Å²) in [5.74, 6) is 0. The van der Waals surface area contributed by atoms with Crippen LogP contribution in [0.5, 0.6) is 0 Å². The maximum Gasteiger partial charge on any atom is 0.120 e. The molecule has 0 amide bonds. The van der Waals surface area contributed by atoms with E-state index in [0.717, 1.165) is 12.7 Å². The van der Waals surface area contributed by atoms with E-state index in [-0.39, 0.29) is 5.41 Å². The minimum Gasteiger partial charge on any atom is -0.303 e. The Morgan fingerprint density at radius 3 is 2.25 bits per heavy atom. The first-order valence-electron chi connectivity index (χ1n) is 5.12. The second-order valence-corrected chi connectivity index (χ2v) is 4.04. The van der Waals surface area contributed by atoms with Gasteiger partial charge in [0.2, 0.25) is 0 Å². The average Bonchev–Trinajstić information content (AvgIpc) is 2.02. The average molecular weight is 170 g/mol. The molecule has 0 spiro atoms. The molecule has 1 nitrogen and oxygen atoms in total. The van der Waals surface area contributed by atoms with E-state index >= 15 is 0 Å². The molecule has 0 saturated carbocycles. The van der Waals surface area contributed by atoms with Crippen LogP contribution in [0, 0.1) is 5.41 Å². The smallest absolute Gasteiger partial charge is 0.120 e. The lowest BCUT2D eigenvalue weighted by atomic mass is 9.78. The summed E-state index contributed by atoms with van der Waals surface area (Å²) in [6.45, 7) is 6.63. The van der Waals surface area contributed by atoms with Crippen molar-refractivity contribution in [3.05, 3.63) is 0 Å². The molecule has 1 unspecified atom stereocenters. The third-order valence-electron chi connectivity index (χ3n) is 2.56. The molecule has 0 rings (SSSR count). The number of aldehydes is 1. The van der Waals surface area contributed by atoms with Crippen LogP contribution in [0.1, 0.15) is 59.3 Å². The van der Waals surface area contributed by atoms with Gasteiger partial charge in [0.25, 0.3) is 0 Å². The van der Waals surface area contributed by atoms with Crippen molar-refractivity contribution in [3.63, 3.8) is 0 Å². The number of rotatable bonds is 7. The van der Waals surface area contributed by atoms with E-state index in [9.17, 15) is 4.79 Å². The van der Waals surface area contributed by atoms with Crippen molar-refractivity contribution in [1.29, 1.82) is 0 Å². The molecule has 0 aromatic rings. The zero-order valence-corrected chi connectivity index (χ0v) is 8.73. The lowest BCUT2D eigenvalue weighted by Crippen LogP contribution is -2.16. The molecule has 0 bridgehead atoms. The highest BCUT2D eigenvalue weighted by atomic mass is 16.1. The zero-order chi connectivity index (χ0) is 9.45. The van der Waals surface area contributed by atoms with E-state index in [1.54, 1.807) is 0 Å². The highest BCUT2D eigenvalue weighted by Gasteiger charge is 2.21. The van der Waals surface area contributed by atoms with E-state index < -0.39 is 0 Å². The molecule has 0 aliphatic heterocycles. The van der Waals surface area contributed by atoms with Gasteiger partial charge in [-0.3, -0.25) is 0 Å². The Morgan fingerprint density at radius 1 is 1.17 bits per heavy atom. The third-order valence-corrected chi connectivity index (χ3v) is 2.56. The van der Waals surface area contributed by atoms with Gasteiger partial charge in [-0.15, -0.1) is 0 Å². The summed E-state index contributed by atoms with van der Waals surface area (Å²) in [5, 5.41) is 0. The van der Waals surface area contributed by atoms with Crippen molar-refractivity contribution in [2.45, 2.75) is 59.3 Å². The minimum absolute atomic E-state index is 0.284. The predicted octanol–water partition coefficient (Wildman–Crippen LogP) is 3.57. The van der Waals surface area contributed by atoms with Crippen molar-refractivity contribution in [3.8, 4) is 0 Å². The van der Waals surface area contributed by atoms with Crippen molar-refractivity contribution in [2.75, 3.05) is 0 Å². The fourth-order valence-corrected chi connectivity index (χ4v) is 1.74. The van der Waals surface area contributed by atoms with Crippen LogP contribution in [0.4, 0.5) is 0 Å². The Hall–Kier alpha value is -0.330. The molecule has 0 aromatic heterocycles. The van der Waals surface area contributed by atoms with E-state index in [1.165, 1.54) is 32.1 Å². The summed E-state index contributed by atoms with van der Waals surface area (Å²) in [7, 11) is 0. The van der Waals surface area contributed by atoms with Gasteiger partial charge in [0.05, 0.1) is 0 Å². The Morgan fingerprint density at radius 2 is 1.83 bits per heavy atom. The lowest BCUT2D eigenvalue weighted by molar-refractivity contribution is -0.109. The van der Waals surface area contributed by atoms with Crippen LogP contribution in [0.3, 0.4) is 0 Å². The third kappa shape index (κ3) is 4.53. The first-order chi connectivity index (χ1) is 5.68. The van der Waals surface area contributed by atoms with Crippen LogP contribution in [-0.2, 0) is 4.79 Å². The Kier molecular flexibility index (Phi) is 6.04. The Labute approximate surface area is 76.6 Å². The number of carbonyl (C=O) groups excluding carboxylic acids is 1. The van der Waals surface area contributed by atoms with E-state index in [0.29, 0.717) is 0 Å². The molecular formula is C11H22O. The molecule has 0 aliphatic carbocycles. The van der Waals surface area contributed by atoms with Gasteiger partial charge in [-0.1, -0.05) is 40.0 Å². The van der Waals surface area contributed by atoms with Gasteiger partial charge >= 0.3 is 0 Å². The molecule has 1 heteroatoms. The SMILES string of the molecule is CCCCC(C)(CC=O)CCC. The number of unbranched alkanes of at least 4 members (excludes halogenated alkanes) is 1. The second kappa shape index (κ2) is 6.22. The summed E-state index contributed by atoms with van der Waals surface area (Å²) < 4.78 is 0. The first kappa shape index (κ1) is 11.7. The van der Waals surface area contributed by atoms with Gasteiger partial charge in [-0.25, -0.2) is 0 Å². The van der Waals surface area contributed by atoms with Crippen LogP contribution < -0.4 is 0 Å². The molecular weight excluding hydrogens is 148 g/mol. The van der Waals surface area contributed by atoms with Crippen molar-refractivity contribution in [2.24, 2.45) is 5.41 Å². The molecule has 0 aromatic carbocycles.